The molecule has 1 aliphatic heterocycles. The topological polar surface area (TPSA) is 17.3 Å². The van der Waals surface area contributed by atoms with Crippen LogP contribution in [0.1, 0.15) is 0 Å². The van der Waals surface area contributed by atoms with Crippen molar-refractivity contribution >= 4 is 13.1 Å². The van der Waals surface area contributed by atoms with Gasteiger partial charge in [0.1, 0.15) is 5.70 Å². The molecule has 0 saturated carbocycles. The molecule has 0 aromatic rings. The third-order valence-electron chi connectivity index (χ3n) is 1.18. The molecule has 2 nitrogen and oxygen atoms in total. The van der Waals surface area contributed by atoms with E-state index in [-0.39, 0.29) is 0 Å². The maximum Gasteiger partial charge on any atom is 0.341 e. The summed E-state index contributed by atoms with van der Waals surface area (Å²) in [6, 6.07) is 0. The minimum absolute atomic E-state index is 0.898. The Labute approximate surface area is 60.2 Å². The quantitative estimate of drug-likeness (QED) is 0.292. The number of rotatable bonds is 1. The molecule has 50 valence electrons. The molecule has 10 heavy (non-hydrogen) atoms. The average Bonchev–Trinajstić information content (AvgIpc) is 1.94. The number of allylic oxidation sites excluding steroid dienone is 3. The molecule has 0 aromatic carbocycles. The van der Waals surface area contributed by atoms with E-state index in [0.717, 1.165) is 5.70 Å². The molecule has 0 N–H and O–H groups in total. The maximum atomic E-state index is 3.78. The largest absolute Gasteiger partial charge is 0.341 e. The predicted molar refractivity (Wildman–Crippen MR) is 44.6 cm³/mol. The first-order valence-corrected chi connectivity index (χ1v) is 2.96. The summed E-state index contributed by atoms with van der Waals surface area (Å²) in [4.78, 5) is 1.80. The van der Waals surface area contributed by atoms with Gasteiger partial charge < -0.3 is 0 Å². The Bertz CT molecular complexity index is 242. The Morgan fingerprint density at radius 3 is 2.90 bits per heavy atom. The van der Waals surface area contributed by atoms with E-state index in [1.807, 2.05) is 24.4 Å². The van der Waals surface area contributed by atoms with Gasteiger partial charge in [0, 0.05) is 0 Å². The standard InChI is InChI=1S/C8H9N2/c1-8-5-3-4-6-10(8)7-9-2/h3-7H,1-2H2/q+1. The second-order valence-electron chi connectivity index (χ2n) is 1.90. The third-order valence-corrected chi connectivity index (χ3v) is 1.18. The molecule has 2 heteroatoms. The van der Waals surface area contributed by atoms with Crippen molar-refractivity contribution in [3.8, 4) is 0 Å². The SMILES string of the molecule is C=[N+]=CN1C=CC=CC1=C. The predicted octanol–water partition coefficient (Wildman–Crippen LogP) is 0.682. The van der Waals surface area contributed by atoms with Crippen molar-refractivity contribution in [1.82, 2.24) is 9.57 Å². The van der Waals surface area contributed by atoms with Crippen LogP contribution >= 0.6 is 0 Å². The summed E-state index contributed by atoms with van der Waals surface area (Å²) >= 11 is 0. The molecule has 0 aliphatic carbocycles. The van der Waals surface area contributed by atoms with Gasteiger partial charge in [-0.2, -0.15) is 4.90 Å². The Hall–Kier alpha value is -1.53. The van der Waals surface area contributed by atoms with Crippen molar-refractivity contribution in [2.75, 3.05) is 0 Å². The summed E-state index contributed by atoms with van der Waals surface area (Å²) in [5.74, 6) is 0. The number of hydrogen-bond acceptors (Lipinski definition) is 0. The first-order valence-electron chi connectivity index (χ1n) is 2.96. The molecule has 1 rings (SSSR count). The zero-order chi connectivity index (χ0) is 7.40. The Morgan fingerprint density at radius 1 is 1.50 bits per heavy atom. The molecule has 0 bridgehead atoms. The van der Waals surface area contributed by atoms with Gasteiger partial charge in [-0.15, -0.1) is 0 Å². The van der Waals surface area contributed by atoms with Crippen LogP contribution in [-0.4, -0.2) is 18.0 Å². The van der Waals surface area contributed by atoms with Gasteiger partial charge in [0.15, 0.2) is 6.72 Å². The van der Waals surface area contributed by atoms with Gasteiger partial charge >= 0.3 is 6.34 Å². The van der Waals surface area contributed by atoms with Gasteiger partial charge in [-0.3, -0.25) is 0 Å². The normalized spacial score (nSPS) is 15.2. The van der Waals surface area contributed by atoms with Gasteiger partial charge in [0.05, 0.1) is 6.20 Å². The van der Waals surface area contributed by atoms with E-state index in [9.17, 15) is 0 Å². The van der Waals surface area contributed by atoms with Crippen LogP contribution < -0.4 is 4.67 Å². The van der Waals surface area contributed by atoms with Crippen LogP contribution in [0.3, 0.4) is 0 Å². The van der Waals surface area contributed by atoms with Crippen LogP contribution in [0.15, 0.2) is 36.7 Å². The molecule has 1 aliphatic rings. The Morgan fingerprint density at radius 2 is 2.30 bits per heavy atom. The van der Waals surface area contributed by atoms with Crippen molar-refractivity contribution in [1.29, 1.82) is 0 Å². The molecule has 0 radical (unpaired) electrons. The molecule has 0 aromatic heterocycles. The average molecular weight is 133 g/mol. The highest BCUT2D eigenvalue weighted by Gasteiger charge is 2.07. The Kier molecular flexibility index (Phi) is 1.88. The fraction of sp³-hybridized carbons (Fsp3) is 0. The monoisotopic (exact) mass is 133 g/mol. The molecule has 0 unspecified atom stereocenters. The van der Waals surface area contributed by atoms with E-state index in [2.05, 4.69) is 18.0 Å². The van der Waals surface area contributed by atoms with Crippen LogP contribution in [0.2, 0.25) is 0 Å². The highest BCUT2D eigenvalue weighted by atomic mass is 15.1. The van der Waals surface area contributed by atoms with Gasteiger partial charge in [-0.05, 0) is 12.2 Å². The molecule has 0 amide bonds. The second-order valence-corrected chi connectivity index (χ2v) is 1.90. The smallest absolute Gasteiger partial charge is 0.227 e. The van der Waals surface area contributed by atoms with E-state index >= 15 is 0 Å². The van der Waals surface area contributed by atoms with Crippen LogP contribution in [0, 0.1) is 0 Å². The van der Waals surface area contributed by atoms with E-state index in [1.165, 1.54) is 0 Å². The molecule has 0 fully saturated rings. The number of nitrogens with zero attached hydrogens (tertiary/aromatic N) is 2. The highest BCUT2D eigenvalue weighted by molar-refractivity contribution is 5.62. The van der Waals surface area contributed by atoms with Crippen LogP contribution in [-0.2, 0) is 0 Å². The molecule has 0 saturated heterocycles. The number of hydrogen-bond donors (Lipinski definition) is 0. The lowest BCUT2D eigenvalue weighted by atomic mass is 10.3. The van der Waals surface area contributed by atoms with Crippen molar-refractivity contribution < 1.29 is 0 Å². The van der Waals surface area contributed by atoms with E-state index in [1.54, 1.807) is 11.2 Å². The summed E-state index contributed by atoms with van der Waals surface area (Å²) in [5.41, 5.74) is 0.898. The molecular weight excluding hydrogens is 124 g/mol. The summed E-state index contributed by atoms with van der Waals surface area (Å²) < 4.78 is 3.61. The Balaban J connectivity index is 2.79. The summed E-state index contributed by atoms with van der Waals surface area (Å²) in [5, 5.41) is 0. The minimum Gasteiger partial charge on any atom is -0.227 e. The first kappa shape index (κ1) is 6.59. The zero-order valence-corrected chi connectivity index (χ0v) is 5.70. The molecule has 1 heterocycles. The van der Waals surface area contributed by atoms with Crippen LogP contribution in [0.5, 0.6) is 0 Å². The van der Waals surface area contributed by atoms with Gasteiger partial charge in [-0.25, -0.2) is 4.67 Å². The van der Waals surface area contributed by atoms with Crippen molar-refractivity contribution in [2.45, 2.75) is 0 Å². The highest BCUT2D eigenvalue weighted by Crippen LogP contribution is 2.05. The fourth-order valence-corrected chi connectivity index (χ4v) is 0.691. The van der Waals surface area contributed by atoms with Gasteiger partial charge in [0.25, 0.3) is 0 Å². The second kappa shape index (κ2) is 2.85. The van der Waals surface area contributed by atoms with Crippen molar-refractivity contribution in [3.63, 3.8) is 0 Å². The molecule has 0 spiro atoms. The summed E-state index contributed by atoms with van der Waals surface area (Å²) in [6.07, 6.45) is 9.23. The lowest BCUT2D eigenvalue weighted by molar-refractivity contribution is 0.732. The maximum absolute atomic E-state index is 3.78. The lowest BCUT2D eigenvalue weighted by Gasteiger charge is -2.05. The zero-order valence-electron chi connectivity index (χ0n) is 5.70. The van der Waals surface area contributed by atoms with Crippen LogP contribution in [0.25, 0.3) is 0 Å². The minimum atomic E-state index is 0.898. The summed E-state index contributed by atoms with van der Waals surface area (Å²) in [6.45, 7) is 7.13. The van der Waals surface area contributed by atoms with Crippen LogP contribution in [0.4, 0.5) is 0 Å². The van der Waals surface area contributed by atoms with E-state index in [0.29, 0.717) is 0 Å². The fourth-order valence-electron chi connectivity index (χ4n) is 0.691. The third kappa shape index (κ3) is 1.24. The lowest BCUT2D eigenvalue weighted by Crippen LogP contribution is -2.14. The van der Waals surface area contributed by atoms with Crippen molar-refractivity contribution in [3.05, 3.63) is 36.7 Å². The van der Waals surface area contributed by atoms with E-state index < -0.39 is 0 Å². The first-order chi connectivity index (χ1) is 4.84. The van der Waals surface area contributed by atoms with E-state index in [4.69, 9.17) is 0 Å². The molecular formula is C8H9N2+. The van der Waals surface area contributed by atoms with Gasteiger partial charge in [0.2, 0.25) is 0 Å². The molecule has 0 atom stereocenters. The van der Waals surface area contributed by atoms with Gasteiger partial charge in [-0.1, -0.05) is 12.7 Å². The van der Waals surface area contributed by atoms with Crippen molar-refractivity contribution in [2.24, 2.45) is 0 Å². The summed E-state index contributed by atoms with van der Waals surface area (Å²) in [7, 11) is 0.